The lowest BCUT2D eigenvalue weighted by atomic mass is 10.7. The van der Waals surface area contributed by atoms with E-state index < -0.39 is 11.9 Å². The highest BCUT2D eigenvalue weighted by atomic mass is 16.4. The van der Waals surface area contributed by atoms with Crippen molar-refractivity contribution >= 4 is 11.9 Å². The molecular weight excluding hydrogens is 140 g/mol. The highest BCUT2D eigenvalue weighted by Gasteiger charge is 1.81. The van der Waals surface area contributed by atoms with Gasteiger partial charge in [-0.05, 0) is 0 Å². The zero-order valence-electron chi connectivity index (χ0n) is 5.28. The molecule has 0 atom stereocenters. The van der Waals surface area contributed by atoms with Crippen molar-refractivity contribution in [3.8, 4) is 0 Å². The van der Waals surface area contributed by atoms with E-state index >= 15 is 0 Å². The zero-order valence-corrected chi connectivity index (χ0v) is 5.28. The third-order valence-corrected chi connectivity index (χ3v) is 0.349. The van der Waals surface area contributed by atoms with Crippen LogP contribution in [0.2, 0.25) is 0 Å². The predicted molar refractivity (Wildman–Crippen MR) is 33.4 cm³/mol. The quantitative estimate of drug-likeness (QED) is 0.362. The van der Waals surface area contributed by atoms with Crippen molar-refractivity contribution in [1.82, 2.24) is 0 Å². The molecule has 6 heteroatoms. The highest BCUT2D eigenvalue weighted by Crippen LogP contribution is 1.44. The van der Waals surface area contributed by atoms with Crippen LogP contribution < -0.4 is 11.5 Å². The molecule has 0 radical (unpaired) electrons. The first-order valence-electron chi connectivity index (χ1n) is 2.38. The minimum Gasteiger partial charge on any atom is -0.480 e. The first-order valence-corrected chi connectivity index (χ1v) is 2.38. The van der Waals surface area contributed by atoms with Gasteiger partial charge in [-0.3, -0.25) is 9.59 Å². The van der Waals surface area contributed by atoms with Gasteiger partial charge >= 0.3 is 11.9 Å². The molecule has 0 amide bonds. The Kier molecular flexibility index (Phi) is 9.14. The lowest BCUT2D eigenvalue weighted by Gasteiger charge is -1.73. The summed E-state index contributed by atoms with van der Waals surface area (Å²) >= 11 is 0. The SMILES string of the molecule is NCC(=O)O.NCC(=O)O. The fourth-order valence-corrected chi connectivity index (χ4v) is 0. The maximum atomic E-state index is 9.24. The fraction of sp³-hybridized carbons (Fsp3) is 0.500. The summed E-state index contributed by atoms with van der Waals surface area (Å²) in [4.78, 5) is 18.5. The van der Waals surface area contributed by atoms with E-state index in [4.69, 9.17) is 10.2 Å². The van der Waals surface area contributed by atoms with E-state index in [9.17, 15) is 9.59 Å². The van der Waals surface area contributed by atoms with Gasteiger partial charge in [0.25, 0.3) is 0 Å². The Morgan fingerprint density at radius 2 is 1.10 bits per heavy atom. The standard InChI is InChI=1S/2C2H5NO2/c2*3-1-2(4)5/h2*1,3H2,(H,4,5). The largest absolute Gasteiger partial charge is 0.480 e. The molecule has 0 aromatic rings. The summed E-state index contributed by atoms with van der Waals surface area (Å²) in [6.07, 6.45) is 0. The van der Waals surface area contributed by atoms with Gasteiger partial charge in [0.15, 0.2) is 0 Å². The van der Waals surface area contributed by atoms with Gasteiger partial charge in [0.2, 0.25) is 0 Å². The van der Waals surface area contributed by atoms with E-state index in [1.165, 1.54) is 0 Å². The number of rotatable bonds is 2. The number of carboxylic acids is 2. The first-order chi connectivity index (χ1) is 4.54. The molecule has 0 rings (SSSR count). The van der Waals surface area contributed by atoms with Gasteiger partial charge in [0.05, 0.1) is 13.1 Å². The molecule has 0 saturated carbocycles. The molecule has 0 bridgehead atoms. The third-order valence-electron chi connectivity index (χ3n) is 0.349. The van der Waals surface area contributed by atoms with Crippen LogP contribution in [0.3, 0.4) is 0 Å². The summed E-state index contributed by atoms with van der Waals surface area (Å²) in [7, 11) is 0. The summed E-state index contributed by atoms with van der Waals surface area (Å²) < 4.78 is 0. The molecule has 0 aliphatic rings. The van der Waals surface area contributed by atoms with Gasteiger partial charge in [-0.1, -0.05) is 0 Å². The maximum Gasteiger partial charge on any atom is 0.317 e. The van der Waals surface area contributed by atoms with Crippen LogP contribution in [-0.2, 0) is 9.59 Å². The second kappa shape index (κ2) is 7.86. The number of hydrogen-bond acceptors (Lipinski definition) is 4. The van der Waals surface area contributed by atoms with E-state index in [0.717, 1.165) is 0 Å². The van der Waals surface area contributed by atoms with Crippen molar-refractivity contribution in [3.05, 3.63) is 0 Å². The lowest BCUT2D eigenvalue weighted by Crippen LogP contribution is -2.10. The summed E-state index contributed by atoms with van der Waals surface area (Å²) in [6, 6.07) is 0. The van der Waals surface area contributed by atoms with E-state index in [0.29, 0.717) is 0 Å². The molecule has 6 nitrogen and oxygen atoms in total. The Hall–Kier alpha value is -1.14. The van der Waals surface area contributed by atoms with Crippen molar-refractivity contribution in [2.45, 2.75) is 0 Å². The second-order valence-electron chi connectivity index (χ2n) is 1.20. The molecule has 0 aliphatic heterocycles. The van der Waals surface area contributed by atoms with E-state index in [1.807, 2.05) is 0 Å². The molecular formula is C4H10N2O4. The molecule has 0 unspecified atom stereocenters. The smallest absolute Gasteiger partial charge is 0.317 e. The van der Waals surface area contributed by atoms with Crippen LogP contribution in [0.4, 0.5) is 0 Å². The predicted octanol–water partition coefficient (Wildman–Crippen LogP) is -1.94. The molecule has 0 aliphatic carbocycles. The van der Waals surface area contributed by atoms with Gasteiger partial charge in [-0.25, -0.2) is 0 Å². The molecule has 0 aromatic heterocycles. The number of carboxylic acid groups (broad SMARTS) is 2. The van der Waals surface area contributed by atoms with Crippen molar-refractivity contribution < 1.29 is 19.8 Å². The van der Waals surface area contributed by atoms with Gasteiger partial charge in [-0.15, -0.1) is 0 Å². The first kappa shape index (κ1) is 11.6. The van der Waals surface area contributed by atoms with Gasteiger partial charge in [-0.2, -0.15) is 0 Å². The van der Waals surface area contributed by atoms with Gasteiger partial charge < -0.3 is 21.7 Å². The van der Waals surface area contributed by atoms with Crippen LogP contribution in [0.15, 0.2) is 0 Å². The average Bonchev–Trinajstić information content (AvgIpc) is 1.89. The fourth-order valence-electron chi connectivity index (χ4n) is 0. The number of carbonyl (C=O) groups is 2. The Morgan fingerprint density at radius 3 is 1.10 bits per heavy atom. The van der Waals surface area contributed by atoms with Crippen LogP contribution in [0.1, 0.15) is 0 Å². The van der Waals surface area contributed by atoms with E-state index in [1.54, 1.807) is 0 Å². The van der Waals surface area contributed by atoms with Crippen LogP contribution in [0.5, 0.6) is 0 Å². The lowest BCUT2D eigenvalue weighted by molar-refractivity contribution is -0.136. The molecule has 10 heavy (non-hydrogen) atoms. The molecule has 6 N–H and O–H groups in total. The third kappa shape index (κ3) is 28.8. The summed E-state index contributed by atoms with van der Waals surface area (Å²) in [5.41, 5.74) is 9.14. The van der Waals surface area contributed by atoms with Crippen molar-refractivity contribution in [2.75, 3.05) is 13.1 Å². The minimum absolute atomic E-state index is 0.278. The molecule has 0 saturated heterocycles. The van der Waals surface area contributed by atoms with Crippen molar-refractivity contribution in [2.24, 2.45) is 11.5 Å². The topological polar surface area (TPSA) is 127 Å². The van der Waals surface area contributed by atoms with E-state index in [2.05, 4.69) is 11.5 Å². The highest BCUT2D eigenvalue weighted by molar-refractivity contribution is 5.68. The van der Waals surface area contributed by atoms with Crippen LogP contribution in [-0.4, -0.2) is 35.2 Å². The summed E-state index contributed by atoms with van der Waals surface area (Å²) in [6.45, 7) is -0.556. The van der Waals surface area contributed by atoms with Gasteiger partial charge in [0.1, 0.15) is 0 Å². The van der Waals surface area contributed by atoms with E-state index in [-0.39, 0.29) is 13.1 Å². The monoisotopic (exact) mass is 150 g/mol. The molecule has 0 spiro atoms. The molecule has 0 aromatic carbocycles. The van der Waals surface area contributed by atoms with Crippen molar-refractivity contribution in [1.29, 1.82) is 0 Å². The summed E-state index contributed by atoms with van der Waals surface area (Å²) in [5.74, 6) is -1.94. The number of nitrogens with two attached hydrogens (primary N) is 2. The normalized spacial score (nSPS) is 7.40. The van der Waals surface area contributed by atoms with Crippen molar-refractivity contribution in [3.63, 3.8) is 0 Å². The van der Waals surface area contributed by atoms with Crippen LogP contribution >= 0.6 is 0 Å². The molecule has 0 fully saturated rings. The molecule has 60 valence electrons. The Bertz CT molecular complexity index is 99.8. The zero-order chi connectivity index (χ0) is 8.57. The maximum absolute atomic E-state index is 9.24. The Labute approximate surface area is 57.4 Å². The summed E-state index contributed by atoms with van der Waals surface area (Å²) in [5, 5.41) is 15.2. The Morgan fingerprint density at radius 1 is 1.00 bits per heavy atom. The minimum atomic E-state index is -0.968. The van der Waals surface area contributed by atoms with Gasteiger partial charge in [0, 0.05) is 0 Å². The molecule has 0 heterocycles. The average molecular weight is 150 g/mol. The number of hydrogen-bond donors (Lipinski definition) is 4. The number of aliphatic carboxylic acids is 2. The van der Waals surface area contributed by atoms with Crippen LogP contribution in [0.25, 0.3) is 0 Å². The van der Waals surface area contributed by atoms with Crippen LogP contribution in [0, 0.1) is 0 Å². The Balaban J connectivity index is 0. The second-order valence-corrected chi connectivity index (χ2v) is 1.20.